The van der Waals surface area contributed by atoms with Crippen LogP contribution >= 0.6 is 0 Å². The number of aromatic nitrogens is 2. The molecule has 33 heavy (non-hydrogen) atoms. The Labute approximate surface area is 192 Å². The topological polar surface area (TPSA) is 90.3 Å². The number of nitrogens with one attached hydrogen (secondary N) is 1. The maximum Gasteiger partial charge on any atom is 0.338 e. The molecule has 1 atom stereocenters. The summed E-state index contributed by atoms with van der Waals surface area (Å²) in [6.45, 7) is 3.80. The van der Waals surface area contributed by atoms with Gasteiger partial charge in [-0.2, -0.15) is 0 Å². The summed E-state index contributed by atoms with van der Waals surface area (Å²) in [6.07, 6.45) is 3.00. The first kappa shape index (κ1) is 22.5. The highest BCUT2D eigenvalue weighted by Crippen LogP contribution is 2.26. The van der Waals surface area contributed by atoms with Crippen LogP contribution in [0.1, 0.15) is 59.9 Å². The molecule has 1 amide bonds. The van der Waals surface area contributed by atoms with E-state index in [-0.39, 0.29) is 17.4 Å². The predicted molar refractivity (Wildman–Crippen MR) is 126 cm³/mol. The zero-order chi connectivity index (χ0) is 23.5. The van der Waals surface area contributed by atoms with E-state index in [1.807, 2.05) is 36.4 Å². The van der Waals surface area contributed by atoms with E-state index in [9.17, 15) is 14.4 Å². The van der Waals surface area contributed by atoms with Crippen LogP contribution in [0, 0.1) is 0 Å². The normalized spacial score (nSPS) is 14.6. The minimum atomic E-state index is -0.573. The standard InChI is InChI=1S/C26H27N3O4/c1-4-5-10-22-21(24(31)29-16(2)23(30)28-26(29)27-22)15-17-11-13-18(14-12-17)19-8-6-7-9-20(19)25(32)33-3/h6-9,11-14,16H,4-5,10,15H2,1-3H3,(H,27,28,30). The summed E-state index contributed by atoms with van der Waals surface area (Å²) in [5.41, 5.74) is 4.33. The number of unbranched alkanes of at least 4 members (excludes halogenated alkanes) is 1. The van der Waals surface area contributed by atoms with Crippen molar-refractivity contribution in [2.45, 2.75) is 45.6 Å². The van der Waals surface area contributed by atoms with E-state index in [0.29, 0.717) is 29.9 Å². The first-order chi connectivity index (χ1) is 15.9. The molecule has 7 nitrogen and oxygen atoms in total. The number of aryl methyl sites for hydroxylation is 1. The second-order valence-corrected chi connectivity index (χ2v) is 8.22. The van der Waals surface area contributed by atoms with Gasteiger partial charge < -0.3 is 4.74 Å². The van der Waals surface area contributed by atoms with Gasteiger partial charge in [-0.3, -0.25) is 19.5 Å². The van der Waals surface area contributed by atoms with Crippen molar-refractivity contribution in [1.82, 2.24) is 9.55 Å². The van der Waals surface area contributed by atoms with E-state index in [2.05, 4.69) is 17.2 Å². The van der Waals surface area contributed by atoms with Crippen LogP contribution in [0.25, 0.3) is 11.1 Å². The molecule has 0 bridgehead atoms. The molecule has 7 heteroatoms. The fourth-order valence-electron chi connectivity index (χ4n) is 4.15. The third kappa shape index (κ3) is 4.31. The highest BCUT2D eigenvalue weighted by atomic mass is 16.5. The minimum Gasteiger partial charge on any atom is -0.465 e. The summed E-state index contributed by atoms with van der Waals surface area (Å²) < 4.78 is 6.35. The lowest BCUT2D eigenvalue weighted by Gasteiger charge is -2.14. The number of nitrogens with zero attached hydrogens (tertiary/aromatic N) is 2. The maximum absolute atomic E-state index is 13.3. The molecular weight excluding hydrogens is 418 g/mol. The summed E-state index contributed by atoms with van der Waals surface area (Å²) in [5, 5.41) is 2.72. The lowest BCUT2D eigenvalue weighted by atomic mass is 9.96. The summed E-state index contributed by atoms with van der Waals surface area (Å²) in [4.78, 5) is 42.2. The lowest BCUT2D eigenvalue weighted by molar-refractivity contribution is -0.117. The van der Waals surface area contributed by atoms with Crippen molar-refractivity contribution in [2.75, 3.05) is 12.4 Å². The molecule has 1 aromatic heterocycles. The van der Waals surface area contributed by atoms with E-state index < -0.39 is 6.04 Å². The van der Waals surface area contributed by atoms with E-state index in [1.54, 1.807) is 19.1 Å². The highest BCUT2D eigenvalue weighted by Gasteiger charge is 2.30. The zero-order valence-electron chi connectivity index (χ0n) is 19.1. The van der Waals surface area contributed by atoms with Crippen molar-refractivity contribution in [3.8, 4) is 11.1 Å². The number of hydrogen-bond donors (Lipinski definition) is 1. The van der Waals surface area contributed by atoms with Gasteiger partial charge in [0, 0.05) is 12.0 Å². The first-order valence-corrected chi connectivity index (χ1v) is 11.2. The van der Waals surface area contributed by atoms with Gasteiger partial charge in [-0.05, 0) is 42.5 Å². The molecule has 0 fully saturated rings. The summed E-state index contributed by atoms with van der Waals surface area (Å²) in [7, 11) is 1.37. The quantitative estimate of drug-likeness (QED) is 0.552. The zero-order valence-corrected chi connectivity index (χ0v) is 19.1. The molecular formula is C26H27N3O4. The van der Waals surface area contributed by atoms with Crippen LogP contribution in [0.3, 0.4) is 0 Å². The largest absolute Gasteiger partial charge is 0.465 e. The van der Waals surface area contributed by atoms with Gasteiger partial charge in [0.1, 0.15) is 6.04 Å². The fraction of sp³-hybridized carbons (Fsp3) is 0.308. The second kappa shape index (κ2) is 9.40. The summed E-state index contributed by atoms with van der Waals surface area (Å²) in [5.74, 6) is -0.265. The molecule has 0 saturated heterocycles. The van der Waals surface area contributed by atoms with Gasteiger partial charge in [-0.25, -0.2) is 9.78 Å². The molecule has 0 radical (unpaired) electrons. The third-order valence-electron chi connectivity index (χ3n) is 6.04. The van der Waals surface area contributed by atoms with Gasteiger partial charge in [0.15, 0.2) is 0 Å². The monoisotopic (exact) mass is 445 g/mol. The van der Waals surface area contributed by atoms with Gasteiger partial charge in [0.2, 0.25) is 11.9 Å². The fourth-order valence-corrected chi connectivity index (χ4v) is 4.15. The molecule has 2 heterocycles. The predicted octanol–water partition coefficient (Wildman–Crippen LogP) is 4.14. The molecule has 4 rings (SSSR count). The average molecular weight is 446 g/mol. The molecule has 170 valence electrons. The van der Waals surface area contributed by atoms with E-state index >= 15 is 0 Å². The van der Waals surface area contributed by atoms with Crippen molar-refractivity contribution in [2.24, 2.45) is 0 Å². The SMILES string of the molecule is CCCCc1nc2n(c(=O)c1Cc1ccc(-c3ccccc3C(=O)OC)cc1)C(C)C(=O)N2. The van der Waals surface area contributed by atoms with Gasteiger partial charge >= 0.3 is 5.97 Å². The Bertz CT molecular complexity index is 1260. The Morgan fingerprint density at radius 3 is 2.55 bits per heavy atom. The first-order valence-electron chi connectivity index (χ1n) is 11.2. The molecule has 2 aromatic carbocycles. The molecule has 3 aromatic rings. The molecule has 1 unspecified atom stereocenters. The van der Waals surface area contributed by atoms with Crippen LogP contribution in [-0.4, -0.2) is 28.5 Å². The number of carbonyl (C=O) groups is 2. The van der Waals surface area contributed by atoms with E-state index in [0.717, 1.165) is 35.2 Å². The number of ether oxygens (including phenoxy) is 1. The van der Waals surface area contributed by atoms with Crippen LogP contribution in [0.15, 0.2) is 53.3 Å². The Morgan fingerprint density at radius 1 is 1.12 bits per heavy atom. The van der Waals surface area contributed by atoms with Crippen LogP contribution in [0.4, 0.5) is 5.95 Å². The maximum atomic E-state index is 13.3. The number of amides is 1. The van der Waals surface area contributed by atoms with Crippen LogP contribution < -0.4 is 10.9 Å². The number of esters is 1. The Kier molecular flexibility index (Phi) is 6.40. The number of benzene rings is 2. The molecule has 0 spiro atoms. The van der Waals surface area contributed by atoms with Crippen LogP contribution in [-0.2, 0) is 22.4 Å². The van der Waals surface area contributed by atoms with E-state index in [4.69, 9.17) is 4.74 Å². The Balaban J connectivity index is 1.69. The number of anilines is 1. The highest BCUT2D eigenvalue weighted by molar-refractivity contribution is 5.97. The Hall–Kier alpha value is -3.74. The van der Waals surface area contributed by atoms with Crippen molar-refractivity contribution < 1.29 is 14.3 Å². The molecule has 1 aliphatic rings. The van der Waals surface area contributed by atoms with Gasteiger partial charge in [-0.1, -0.05) is 55.8 Å². The van der Waals surface area contributed by atoms with E-state index in [1.165, 1.54) is 11.7 Å². The van der Waals surface area contributed by atoms with Crippen LogP contribution in [0.2, 0.25) is 0 Å². The number of rotatable bonds is 7. The number of carbonyl (C=O) groups excluding carboxylic acids is 2. The summed E-state index contributed by atoms with van der Waals surface area (Å²) in [6, 6.07) is 14.5. The molecule has 1 N–H and O–H groups in total. The smallest absolute Gasteiger partial charge is 0.338 e. The van der Waals surface area contributed by atoms with Gasteiger partial charge in [-0.15, -0.1) is 0 Å². The number of fused-ring (bicyclic) bond motifs is 1. The van der Waals surface area contributed by atoms with Crippen molar-refractivity contribution >= 4 is 17.8 Å². The number of hydrogen-bond acceptors (Lipinski definition) is 5. The van der Waals surface area contributed by atoms with Gasteiger partial charge in [0.25, 0.3) is 5.56 Å². The lowest BCUT2D eigenvalue weighted by Crippen LogP contribution is -2.28. The molecule has 0 saturated carbocycles. The second-order valence-electron chi connectivity index (χ2n) is 8.22. The van der Waals surface area contributed by atoms with Crippen LogP contribution in [0.5, 0.6) is 0 Å². The summed E-state index contributed by atoms with van der Waals surface area (Å²) >= 11 is 0. The average Bonchev–Trinajstić information content (AvgIpc) is 3.12. The Morgan fingerprint density at radius 2 is 1.85 bits per heavy atom. The molecule has 1 aliphatic heterocycles. The molecule has 0 aliphatic carbocycles. The van der Waals surface area contributed by atoms with Crippen molar-refractivity contribution in [3.05, 3.63) is 81.3 Å². The minimum absolute atomic E-state index is 0.169. The van der Waals surface area contributed by atoms with Gasteiger partial charge in [0.05, 0.1) is 18.4 Å². The number of methoxy groups -OCH3 is 1. The van der Waals surface area contributed by atoms with Crippen molar-refractivity contribution in [3.63, 3.8) is 0 Å². The third-order valence-corrected chi connectivity index (χ3v) is 6.04. The van der Waals surface area contributed by atoms with Crippen molar-refractivity contribution in [1.29, 1.82) is 0 Å².